The standard InChI is InChI=1S/C22H20N4O3/c27-21(7-4-8-22(28)29)26-20(14-18(25-26)15-5-2-1-3-6-15)16-9-10-17-19(13-16)24-12-11-23-17/h1-3,5-6,9-13,20H,4,7-8,14H2,(H,28,29)/p-1/t20-/m1/s1. The maximum atomic E-state index is 12.8. The topological polar surface area (TPSA) is 98.6 Å². The number of hydrazone groups is 1. The van der Waals surface area contributed by atoms with Crippen molar-refractivity contribution in [3.63, 3.8) is 0 Å². The molecule has 7 heteroatoms. The fraction of sp³-hybridized carbons (Fsp3) is 0.227. The Labute approximate surface area is 167 Å². The van der Waals surface area contributed by atoms with Crippen molar-refractivity contribution in [2.75, 3.05) is 0 Å². The second kappa shape index (κ2) is 8.18. The van der Waals surface area contributed by atoms with Crippen molar-refractivity contribution in [3.8, 4) is 0 Å². The van der Waals surface area contributed by atoms with E-state index in [1.807, 2.05) is 48.5 Å². The summed E-state index contributed by atoms with van der Waals surface area (Å²) in [5, 5.41) is 16.7. The molecule has 1 atom stereocenters. The van der Waals surface area contributed by atoms with Crippen molar-refractivity contribution in [3.05, 3.63) is 72.1 Å². The fourth-order valence-corrected chi connectivity index (χ4v) is 3.49. The summed E-state index contributed by atoms with van der Waals surface area (Å²) in [6.07, 6.45) is 4.02. The number of aromatic nitrogens is 2. The summed E-state index contributed by atoms with van der Waals surface area (Å²) in [5.41, 5.74) is 4.24. The van der Waals surface area contributed by atoms with Gasteiger partial charge >= 0.3 is 0 Å². The van der Waals surface area contributed by atoms with E-state index in [0.717, 1.165) is 27.9 Å². The van der Waals surface area contributed by atoms with E-state index in [2.05, 4.69) is 15.1 Å². The molecule has 0 aliphatic carbocycles. The lowest BCUT2D eigenvalue weighted by Crippen LogP contribution is -2.28. The number of carbonyl (C=O) groups excluding carboxylic acids is 2. The number of carbonyl (C=O) groups is 2. The van der Waals surface area contributed by atoms with Gasteiger partial charge in [0.25, 0.3) is 0 Å². The molecular formula is C22H19N4O3-. The number of aliphatic carboxylic acids is 1. The molecule has 0 saturated heterocycles. The molecule has 0 bridgehead atoms. The van der Waals surface area contributed by atoms with Crippen LogP contribution in [0.4, 0.5) is 0 Å². The van der Waals surface area contributed by atoms with Crippen LogP contribution in [-0.2, 0) is 9.59 Å². The van der Waals surface area contributed by atoms with Crippen LogP contribution in [0.5, 0.6) is 0 Å². The molecule has 29 heavy (non-hydrogen) atoms. The molecular weight excluding hydrogens is 368 g/mol. The van der Waals surface area contributed by atoms with Gasteiger partial charge in [-0.05, 0) is 36.1 Å². The number of carboxylic acid groups (broad SMARTS) is 1. The van der Waals surface area contributed by atoms with Gasteiger partial charge in [-0.25, -0.2) is 5.01 Å². The Bertz CT molecular complexity index is 1080. The van der Waals surface area contributed by atoms with Gasteiger partial charge in [-0.2, -0.15) is 5.10 Å². The molecule has 2 aromatic carbocycles. The monoisotopic (exact) mass is 387 g/mol. The van der Waals surface area contributed by atoms with Crippen LogP contribution in [-0.4, -0.2) is 32.6 Å². The lowest BCUT2D eigenvalue weighted by atomic mass is 9.98. The number of rotatable bonds is 6. The van der Waals surface area contributed by atoms with Crippen molar-refractivity contribution in [2.45, 2.75) is 31.7 Å². The molecule has 0 unspecified atom stereocenters. The fourth-order valence-electron chi connectivity index (χ4n) is 3.49. The summed E-state index contributed by atoms with van der Waals surface area (Å²) in [6.45, 7) is 0. The van der Waals surface area contributed by atoms with Gasteiger partial charge in [0.2, 0.25) is 5.91 Å². The van der Waals surface area contributed by atoms with Crippen LogP contribution in [0.3, 0.4) is 0 Å². The Balaban J connectivity index is 1.64. The number of amides is 1. The highest BCUT2D eigenvalue weighted by molar-refractivity contribution is 6.03. The zero-order chi connectivity index (χ0) is 20.2. The van der Waals surface area contributed by atoms with E-state index in [0.29, 0.717) is 6.42 Å². The first-order valence-corrected chi connectivity index (χ1v) is 9.47. The van der Waals surface area contributed by atoms with E-state index in [4.69, 9.17) is 0 Å². The molecule has 1 aromatic heterocycles. The van der Waals surface area contributed by atoms with E-state index >= 15 is 0 Å². The van der Waals surface area contributed by atoms with Crippen molar-refractivity contribution in [2.24, 2.45) is 5.10 Å². The third-order valence-corrected chi connectivity index (χ3v) is 4.92. The molecule has 7 nitrogen and oxygen atoms in total. The van der Waals surface area contributed by atoms with Gasteiger partial charge in [0.15, 0.2) is 0 Å². The second-order valence-corrected chi connectivity index (χ2v) is 6.90. The van der Waals surface area contributed by atoms with E-state index in [-0.39, 0.29) is 31.2 Å². The Kier molecular flexibility index (Phi) is 5.29. The molecule has 4 rings (SSSR count). The Morgan fingerprint density at radius 1 is 1.00 bits per heavy atom. The minimum Gasteiger partial charge on any atom is -0.550 e. The lowest BCUT2D eigenvalue weighted by molar-refractivity contribution is -0.305. The van der Waals surface area contributed by atoms with E-state index in [9.17, 15) is 14.7 Å². The van der Waals surface area contributed by atoms with Crippen LogP contribution in [0.2, 0.25) is 0 Å². The van der Waals surface area contributed by atoms with Crippen molar-refractivity contribution in [1.82, 2.24) is 15.0 Å². The summed E-state index contributed by atoms with van der Waals surface area (Å²) < 4.78 is 0. The number of nitrogens with zero attached hydrogens (tertiary/aromatic N) is 4. The average molecular weight is 387 g/mol. The molecule has 146 valence electrons. The second-order valence-electron chi connectivity index (χ2n) is 6.90. The molecule has 1 aliphatic rings. The molecule has 3 aromatic rings. The Morgan fingerprint density at radius 2 is 1.76 bits per heavy atom. The average Bonchev–Trinajstić information content (AvgIpc) is 3.19. The van der Waals surface area contributed by atoms with E-state index < -0.39 is 5.97 Å². The SMILES string of the molecule is O=C([O-])CCCC(=O)N1N=C(c2ccccc2)C[C@@H]1c1ccc2nccnc2c1. The third-order valence-electron chi connectivity index (χ3n) is 4.92. The number of carboxylic acids is 1. The zero-order valence-electron chi connectivity index (χ0n) is 15.7. The maximum absolute atomic E-state index is 12.8. The first-order valence-electron chi connectivity index (χ1n) is 9.47. The van der Waals surface area contributed by atoms with Crippen LogP contribution < -0.4 is 5.11 Å². The largest absolute Gasteiger partial charge is 0.550 e. The van der Waals surface area contributed by atoms with Crippen LogP contribution in [0, 0.1) is 0 Å². The quantitative estimate of drug-likeness (QED) is 0.646. The van der Waals surface area contributed by atoms with Gasteiger partial charge in [0.1, 0.15) is 0 Å². The van der Waals surface area contributed by atoms with Crippen molar-refractivity contribution in [1.29, 1.82) is 0 Å². The van der Waals surface area contributed by atoms with Gasteiger partial charge in [-0.15, -0.1) is 0 Å². The van der Waals surface area contributed by atoms with Crippen LogP contribution in [0.15, 0.2) is 66.0 Å². The third kappa shape index (κ3) is 4.13. The first-order chi connectivity index (χ1) is 14.1. The number of fused-ring (bicyclic) bond motifs is 1. The molecule has 0 saturated carbocycles. The molecule has 2 heterocycles. The smallest absolute Gasteiger partial charge is 0.243 e. The predicted molar refractivity (Wildman–Crippen MR) is 106 cm³/mol. The van der Waals surface area contributed by atoms with Gasteiger partial charge in [-0.3, -0.25) is 14.8 Å². The van der Waals surface area contributed by atoms with Crippen LogP contribution in [0.25, 0.3) is 11.0 Å². The number of hydrogen-bond acceptors (Lipinski definition) is 6. The van der Waals surface area contributed by atoms with Gasteiger partial charge < -0.3 is 9.90 Å². The van der Waals surface area contributed by atoms with Crippen LogP contribution in [0.1, 0.15) is 42.9 Å². The Hall–Kier alpha value is -3.61. The lowest BCUT2D eigenvalue weighted by Gasteiger charge is -2.22. The molecule has 0 N–H and O–H groups in total. The number of benzene rings is 2. The molecule has 0 radical (unpaired) electrons. The van der Waals surface area contributed by atoms with Crippen molar-refractivity contribution >= 4 is 28.6 Å². The molecule has 1 aliphatic heterocycles. The highest BCUT2D eigenvalue weighted by Crippen LogP contribution is 2.34. The van der Waals surface area contributed by atoms with Gasteiger partial charge in [-0.1, -0.05) is 36.4 Å². The summed E-state index contributed by atoms with van der Waals surface area (Å²) in [5.74, 6) is -1.36. The van der Waals surface area contributed by atoms with Gasteiger partial charge in [0, 0.05) is 31.2 Å². The zero-order valence-corrected chi connectivity index (χ0v) is 15.7. The predicted octanol–water partition coefficient (Wildman–Crippen LogP) is 2.23. The van der Waals surface area contributed by atoms with Crippen LogP contribution >= 0.6 is 0 Å². The van der Waals surface area contributed by atoms with E-state index in [1.54, 1.807) is 12.4 Å². The maximum Gasteiger partial charge on any atom is 0.243 e. The van der Waals surface area contributed by atoms with Crippen molar-refractivity contribution < 1.29 is 14.7 Å². The summed E-state index contributed by atoms with van der Waals surface area (Å²) in [6, 6.07) is 15.2. The molecule has 0 spiro atoms. The summed E-state index contributed by atoms with van der Waals surface area (Å²) in [4.78, 5) is 32.1. The minimum atomic E-state index is -1.16. The number of hydrogen-bond donors (Lipinski definition) is 0. The Morgan fingerprint density at radius 3 is 2.52 bits per heavy atom. The molecule has 0 fully saturated rings. The van der Waals surface area contributed by atoms with E-state index in [1.165, 1.54) is 5.01 Å². The highest BCUT2D eigenvalue weighted by atomic mass is 16.4. The normalized spacial score (nSPS) is 16.1. The minimum absolute atomic E-state index is 0.101. The molecule has 1 amide bonds. The van der Waals surface area contributed by atoms with Gasteiger partial charge in [0.05, 0.1) is 22.8 Å². The summed E-state index contributed by atoms with van der Waals surface area (Å²) in [7, 11) is 0. The summed E-state index contributed by atoms with van der Waals surface area (Å²) >= 11 is 0. The highest BCUT2D eigenvalue weighted by Gasteiger charge is 2.32. The first kappa shape index (κ1) is 18.7.